The summed E-state index contributed by atoms with van der Waals surface area (Å²) in [6.07, 6.45) is 2.45. The Balaban J connectivity index is 1.48. The maximum atomic E-state index is 13.4. The van der Waals surface area contributed by atoms with Crippen molar-refractivity contribution in [3.8, 4) is 17.1 Å². The molecule has 0 aliphatic carbocycles. The third-order valence-corrected chi connectivity index (χ3v) is 5.66. The van der Waals surface area contributed by atoms with Crippen LogP contribution in [0.1, 0.15) is 26.2 Å². The molecule has 4 rings (SSSR count). The average Bonchev–Trinajstić information content (AvgIpc) is 3.33. The number of methoxy groups -OCH3 is 1. The number of hydrogen-bond acceptors (Lipinski definition) is 6. The van der Waals surface area contributed by atoms with Gasteiger partial charge in [0.1, 0.15) is 11.6 Å². The Morgan fingerprint density at radius 1 is 1.22 bits per heavy atom. The number of carbonyl (C=O) groups excluding carboxylic acids is 1. The van der Waals surface area contributed by atoms with Crippen LogP contribution in [0.2, 0.25) is 0 Å². The van der Waals surface area contributed by atoms with Crippen LogP contribution >= 0.6 is 0 Å². The SMILES string of the molecule is CCCN(C(=O)[C@H]1CCCN(c2nc(-c3ccc(OC)cc3)no2)C1)c1ccc(F)cc1. The van der Waals surface area contributed by atoms with Gasteiger partial charge < -0.3 is 19.1 Å². The fourth-order valence-electron chi connectivity index (χ4n) is 3.99. The minimum atomic E-state index is -0.314. The summed E-state index contributed by atoms with van der Waals surface area (Å²) >= 11 is 0. The topological polar surface area (TPSA) is 71.7 Å². The number of carbonyl (C=O) groups is 1. The molecule has 168 valence electrons. The minimum absolute atomic E-state index is 0.0399. The molecule has 1 saturated heterocycles. The van der Waals surface area contributed by atoms with Crippen LogP contribution in [0.3, 0.4) is 0 Å². The predicted molar refractivity (Wildman–Crippen MR) is 120 cm³/mol. The van der Waals surface area contributed by atoms with Gasteiger partial charge in [-0.05, 0) is 67.8 Å². The van der Waals surface area contributed by atoms with Crippen molar-refractivity contribution in [3.05, 3.63) is 54.3 Å². The molecule has 0 spiro atoms. The van der Waals surface area contributed by atoms with E-state index in [1.807, 2.05) is 36.1 Å². The van der Waals surface area contributed by atoms with Crippen molar-refractivity contribution in [2.45, 2.75) is 26.2 Å². The van der Waals surface area contributed by atoms with Gasteiger partial charge >= 0.3 is 6.01 Å². The summed E-state index contributed by atoms with van der Waals surface area (Å²) in [5, 5.41) is 4.11. The molecule has 0 saturated carbocycles. The summed E-state index contributed by atoms with van der Waals surface area (Å²) in [5.74, 6) is 0.781. The van der Waals surface area contributed by atoms with Crippen molar-refractivity contribution in [2.24, 2.45) is 5.92 Å². The Morgan fingerprint density at radius 2 is 1.97 bits per heavy atom. The number of rotatable bonds is 7. The van der Waals surface area contributed by atoms with Gasteiger partial charge in [0.25, 0.3) is 0 Å². The van der Waals surface area contributed by atoms with Crippen molar-refractivity contribution in [1.29, 1.82) is 0 Å². The minimum Gasteiger partial charge on any atom is -0.497 e. The maximum Gasteiger partial charge on any atom is 0.324 e. The molecule has 0 unspecified atom stereocenters. The second-order valence-corrected chi connectivity index (χ2v) is 7.88. The fourth-order valence-corrected chi connectivity index (χ4v) is 3.99. The van der Waals surface area contributed by atoms with E-state index in [-0.39, 0.29) is 17.6 Å². The predicted octanol–water partition coefficient (Wildman–Crippen LogP) is 4.54. The molecule has 1 aliphatic heterocycles. The van der Waals surface area contributed by atoms with Gasteiger partial charge in [0, 0.05) is 30.9 Å². The van der Waals surface area contributed by atoms with Gasteiger partial charge in [-0.3, -0.25) is 4.79 Å². The van der Waals surface area contributed by atoms with E-state index in [4.69, 9.17) is 9.26 Å². The maximum absolute atomic E-state index is 13.4. The lowest BCUT2D eigenvalue weighted by molar-refractivity contribution is -0.122. The number of aromatic nitrogens is 2. The fraction of sp³-hybridized carbons (Fsp3) is 0.375. The molecule has 8 heteroatoms. The molecule has 2 heterocycles. The molecule has 2 aromatic carbocycles. The van der Waals surface area contributed by atoms with E-state index < -0.39 is 0 Å². The molecule has 0 N–H and O–H groups in total. The van der Waals surface area contributed by atoms with Gasteiger partial charge in [-0.1, -0.05) is 12.1 Å². The average molecular weight is 439 g/mol. The summed E-state index contributed by atoms with van der Waals surface area (Å²) in [6.45, 7) is 3.86. The highest BCUT2D eigenvalue weighted by atomic mass is 19.1. The normalized spacial score (nSPS) is 16.1. The highest BCUT2D eigenvalue weighted by molar-refractivity contribution is 5.95. The lowest BCUT2D eigenvalue weighted by atomic mass is 9.96. The van der Waals surface area contributed by atoms with Crippen LogP contribution < -0.4 is 14.5 Å². The van der Waals surface area contributed by atoms with Crippen LogP contribution in [-0.4, -0.2) is 42.8 Å². The Kier molecular flexibility index (Phi) is 6.68. The van der Waals surface area contributed by atoms with Crippen molar-refractivity contribution >= 4 is 17.6 Å². The highest BCUT2D eigenvalue weighted by Gasteiger charge is 2.32. The van der Waals surface area contributed by atoms with E-state index in [1.54, 1.807) is 24.1 Å². The second-order valence-electron chi connectivity index (χ2n) is 7.88. The van der Waals surface area contributed by atoms with E-state index in [0.717, 1.165) is 42.8 Å². The lowest BCUT2D eigenvalue weighted by Crippen LogP contribution is -2.45. The smallest absolute Gasteiger partial charge is 0.324 e. The van der Waals surface area contributed by atoms with E-state index in [1.165, 1.54) is 12.1 Å². The number of amides is 1. The Bertz CT molecular complexity index is 1040. The number of ether oxygens (including phenoxy) is 1. The second kappa shape index (κ2) is 9.80. The van der Waals surface area contributed by atoms with Crippen LogP contribution in [-0.2, 0) is 4.79 Å². The third kappa shape index (κ3) is 4.74. The molecule has 0 bridgehead atoms. The van der Waals surface area contributed by atoms with Crippen LogP contribution in [0.25, 0.3) is 11.4 Å². The first-order valence-electron chi connectivity index (χ1n) is 10.9. The van der Waals surface area contributed by atoms with E-state index in [9.17, 15) is 9.18 Å². The third-order valence-electron chi connectivity index (χ3n) is 5.66. The van der Waals surface area contributed by atoms with Gasteiger partial charge in [-0.15, -0.1) is 0 Å². The first kappa shape index (κ1) is 21.8. The molecular formula is C24H27FN4O3. The monoisotopic (exact) mass is 438 g/mol. The summed E-state index contributed by atoms with van der Waals surface area (Å²) < 4.78 is 24.1. The summed E-state index contributed by atoms with van der Waals surface area (Å²) in [7, 11) is 1.62. The van der Waals surface area contributed by atoms with Crippen LogP contribution in [0.5, 0.6) is 5.75 Å². The van der Waals surface area contributed by atoms with Crippen molar-refractivity contribution in [1.82, 2.24) is 10.1 Å². The van der Waals surface area contributed by atoms with Gasteiger partial charge in [-0.25, -0.2) is 4.39 Å². The van der Waals surface area contributed by atoms with Gasteiger partial charge in [-0.2, -0.15) is 4.98 Å². The standard InChI is InChI=1S/C24H27FN4O3/c1-3-14-29(20-10-8-19(25)9-11-20)23(30)18-5-4-15-28(16-18)24-26-22(27-32-24)17-6-12-21(31-2)13-7-17/h6-13,18H,3-5,14-16H2,1-2H3/t18-/m0/s1. The first-order chi connectivity index (χ1) is 15.6. The number of nitrogens with zero attached hydrogens (tertiary/aromatic N) is 4. The molecule has 7 nitrogen and oxygen atoms in total. The van der Waals surface area contributed by atoms with Crippen molar-refractivity contribution in [2.75, 3.05) is 36.5 Å². The van der Waals surface area contributed by atoms with E-state index in [0.29, 0.717) is 24.9 Å². The zero-order valence-corrected chi connectivity index (χ0v) is 18.3. The van der Waals surface area contributed by atoms with Crippen LogP contribution in [0.15, 0.2) is 53.1 Å². The van der Waals surface area contributed by atoms with Crippen molar-refractivity contribution < 1.29 is 18.4 Å². The molecule has 1 amide bonds. The van der Waals surface area contributed by atoms with Gasteiger partial charge in [0.05, 0.1) is 13.0 Å². The van der Waals surface area contributed by atoms with E-state index in [2.05, 4.69) is 10.1 Å². The lowest BCUT2D eigenvalue weighted by Gasteiger charge is -2.34. The summed E-state index contributed by atoms with van der Waals surface area (Å²) in [5.41, 5.74) is 1.55. The van der Waals surface area contributed by atoms with Crippen LogP contribution in [0.4, 0.5) is 16.1 Å². The Labute approximate surface area is 186 Å². The summed E-state index contributed by atoms with van der Waals surface area (Å²) in [4.78, 5) is 21.6. The zero-order chi connectivity index (χ0) is 22.5. The Morgan fingerprint density at radius 3 is 2.66 bits per heavy atom. The van der Waals surface area contributed by atoms with E-state index >= 15 is 0 Å². The molecule has 1 aromatic heterocycles. The molecule has 1 atom stereocenters. The van der Waals surface area contributed by atoms with Gasteiger partial charge in [0.2, 0.25) is 11.7 Å². The molecule has 1 fully saturated rings. The molecule has 0 radical (unpaired) electrons. The zero-order valence-electron chi connectivity index (χ0n) is 18.3. The van der Waals surface area contributed by atoms with Crippen molar-refractivity contribution in [3.63, 3.8) is 0 Å². The number of halogens is 1. The molecule has 3 aromatic rings. The first-order valence-corrected chi connectivity index (χ1v) is 10.9. The van der Waals surface area contributed by atoms with Crippen LogP contribution in [0, 0.1) is 11.7 Å². The highest BCUT2D eigenvalue weighted by Crippen LogP contribution is 2.28. The Hall–Kier alpha value is -3.42. The number of benzene rings is 2. The molecular weight excluding hydrogens is 411 g/mol. The quantitative estimate of drug-likeness (QED) is 0.539. The molecule has 1 aliphatic rings. The number of anilines is 2. The number of hydrogen-bond donors (Lipinski definition) is 0. The molecule has 32 heavy (non-hydrogen) atoms. The summed E-state index contributed by atoms with van der Waals surface area (Å²) in [6, 6.07) is 13.9. The largest absolute Gasteiger partial charge is 0.497 e. The van der Waals surface area contributed by atoms with Gasteiger partial charge in [0.15, 0.2) is 0 Å². The number of piperidine rings is 1.